The molecular weight excluding hydrogens is 416 g/mol. The first kappa shape index (κ1) is 20.6. The number of carbonyl (C=O) groups excluding carboxylic acids is 1. The molecule has 2 aromatic rings. The van der Waals surface area contributed by atoms with Gasteiger partial charge < -0.3 is 9.47 Å². The van der Waals surface area contributed by atoms with Crippen molar-refractivity contribution in [1.82, 2.24) is 0 Å². The van der Waals surface area contributed by atoms with E-state index >= 15 is 0 Å². The Morgan fingerprint density at radius 2 is 1.86 bits per heavy atom. The number of esters is 1. The molecular formula is C20H15Cl2F3O3. The zero-order valence-corrected chi connectivity index (χ0v) is 16.2. The summed E-state index contributed by atoms with van der Waals surface area (Å²) in [5.74, 6) is -1.20. The van der Waals surface area contributed by atoms with Crippen molar-refractivity contribution in [2.75, 3.05) is 6.61 Å². The van der Waals surface area contributed by atoms with Crippen LogP contribution in [0.1, 0.15) is 23.6 Å². The fourth-order valence-electron chi connectivity index (χ4n) is 2.89. The summed E-state index contributed by atoms with van der Waals surface area (Å²) in [4.78, 5) is 12.0. The molecule has 0 saturated carbocycles. The van der Waals surface area contributed by atoms with Crippen LogP contribution in [0, 0.1) is 0 Å². The Bertz CT molecular complexity index is 925. The molecule has 0 aromatic heterocycles. The van der Waals surface area contributed by atoms with Crippen LogP contribution in [0.3, 0.4) is 0 Å². The number of fused-ring (bicyclic) bond motifs is 1. The molecule has 0 radical (unpaired) electrons. The average molecular weight is 431 g/mol. The molecule has 0 saturated heterocycles. The first-order valence-electron chi connectivity index (χ1n) is 8.39. The molecule has 28 heavy (non-hydrogen) atoms. The van der Waals surface area contributed by atoms with Crippen LogP contribution < -0.4 is 4.74 Å². The van der Waals surface area contributed by atoms with Gasteiger partial charge in [0.05, 0.1) is 22.2 Å². The summed E-state index contributed by atoms with van der Waals surface area (Å²) in [6.07, 6.45) is -5.85. The summed E-state index contributed by atoms with van der Waals surface area (Å²) in [6.45, 7) is 1.43. The third kappa shape index (κ3) is 4.13. The van der Waals surface area contributed by atoms with Gasteiger partial charge in [0.1, 0.15) is 5.75 Å². The van der Waals surface area contributed by atoms with Crippen LogP contribution in [0.5, 0.6) is 5.75 Å². The minimum absolute atomic E-state index is 0.0209. The molecule has 148 valence electrons. The number of hydrogen-bond acceptors (Lipinski definition) is 3. The van der Waals surface area contributed by atoms with Gasteiger partial charge in [-0.2, -0.15) is 13.2 Å². The Kier molecular flexibility index (Phi) is 5.91. The predicted molar refractivity (Wildman–Crippen MR) is 101 cm³/mol. The maximum atomic E-state index is 13.5. The van der Waals surface area contributed by atoms with Crippen LogP contribution in [0.4, 0.5) is 13.2 Å². The number of halogens is 5. The molecule has 0 N–H and O–H groups in total. The van der Waals surface area contributed by atoms with E-state index in [0.29, 0.717) is 12.0 Å². The quantitative estimate of drug-likeness (QED) is 0.570. The molecule has 1 heterocycles. The van der Waals surface area contributed by atoms with Gasteiger partial charge in [-0.1, -0.05) is 53.5 Å². The maximum Gasteiger partial charge on any atom is 0.430 e. The Balaban J connectivity index is 2.08. The number of benzene rings is 2. The Labute approximate surface area is 169 Å². The van der Waals surface area contributed by atoms with Crippen molar-refractivity contribution >= 4 is 35.2 Å². The molecule has 0 fully saturated rings. The van der Waals surface area contributed by atoms with Crippen molar-refractivity contribution in [1.29, 1.82) is 0 Å². The lowest BCUT2D eigenvalue weighted by Crippen LogP contribution is -2.40. The summed E-state index contributed by atoms with van der Waals surface area (Å²) in [5.41, 5.74) is 0.875. The second-order valence-electron chi connectivity index (χ2n) is 6.10. The lowest BCUT2D eigenvalue weighted by Gasteiger charge is -2.29. The standard InChI is InChI=1S/C20H15Cl2F3O3/c1-2-27-19(26)14-10-13-15(28-18(14)20(23,24)25)9-12(16(21)17(13)22)8-11-6-4-3-5-7-11/h3-7,9-10,18H,2,8H2,1H3. The number of alkyl halides is 3. The number of ether oxygens (including phenoxy) is 2. The first-order chi connectivity index (χ1) is 13.2. The second-order valence-corrected chi connectivity index (χ2v) is 6.85. The molecule has 1 unspecified atom stereocenters. The third-order valence-corrected chi connectivity index (χ3v) is 5.08. The first-order valence-corrected chi connectivity index (χ1v) is 9.14. The van der Waals surface area contributed by atoms with Crippen LogP contribution in [-0.4, -0.2) is 24.9 Å². The zero-order valence-electron chi connectivity index (χ0n) is 14.6. The average Bonchev–Trinajstić information content (AvgIpc) is 2.65. The van der Waals surface area contributed by atoms with Crippen LogP contribution in [0.25, 0.3) is 6.08 Å². The SMILES string of the molecule is CCOC(=O)C1=Cc2c(cc(Cc3ccccc3)c(Cl)c2Cl)OC1C(F)(F)F. The van der Waals surface area contributed by atoms with E-state index in [1.807, 2.05) is 30.3 Å². The third-order valence-electron chi connectivity index (χ3n) is 4.15. The number of carbonyl (C=O) groups is 1. The molecule has 3 nitrogen and oxygen atoms in total. The summed E-state index contributed by atoms with van der Waals surface area (Å²) < 4.78 is 50.3. The highest BCUT2D eigenvalue weighted by molar-refractivity contribution is 6.43. The van der Waals surface area contributed by atoms with Crippen molar-refractivity contribution in [3.8, 4) is 5.75 Å². The van der Waals surface area contributed by atoms with E-state index in [2.05, 4.69) is 0 Å². The molecule has 1 aliphatic rings. The largest absolute Gasteiger partial charge is 0.475 e. The summed E-state index contributed by atoms with van der Waals surface area (Å²) >= 11 is 12.6. The van der Waals surface area contributed by atoms with Crippen molar-refractivity contribution in [3.63, 3.8) is 0 Å². The molecule has 8 heteroatoms. The summed E-state index contributed by atoms with van der Waals surface area (Å²) in [6, 6.07) is 10.7. The van der Waals surface area contributed by atoms with Gasteiger partial charge in [-0.25, -0.2) is 4.79 Å². The van der Waals surface area contributed by atoms with Gasteiger partial charge in [-0.3, -0.25) is 0 Å². The monoisotopic (exact) mass is 430 g/mol. The normalized spacial score (nSPS) is 16.1. The maximum absolute atomic E-state index is 13.5. The summed E-state index contributed by atoms with van der Waals surface area (Å²) in [7, 11) is 0. The van der Waals surface area contributed by atoms with Crippen molar-refractivity contribution < 1.29 is 27.4 Å². The van der Waals surface area contributed by atoms with Crippen LogP contribution in [-0.2, 0) is 16.0 Å². The van der Waals surface area contributed by atoms with E-state index in [9.17, 15) is 18.0 Å². The molecule has 1 aliphatic heterocycles. The van der Waals surface area contributed by atoms with Crippen molar-refractivity contribution in [2.45, 2.75) is 25.6 Å². The lowest BCUT2D eigenvalue weighted by molar-refractivity contribution is -0.187. The minimum Gasteiger partial charge on any atom is -0.475 e. The van der Waals surface area contributed by atoms with E-state index < -0.39 is 23.8 Å². The predicted octanol–water partition coefficient (Wildman–Crippen LogP) is 5.85. The number of hydrogen-bond donors (Lipinski definition) is 0. The van der Waals surface area contributed by atoms with Gasteiger partial charge in [-0.15, -0.1) is 0 Å². The number of rotatable bonds is 4. The van der Waals surface area contributed by atoms with E-state index in [1.165, 1.54) is 13.0 Å². The molecule has 1 atom stereocenters. The second kappa shape index (κ2) is 8.05. The molecule has 0 amide bonds. The highest BCUT2D eigenvalue weighted by Crippen LogP contribution is 2.44. The Morgan fingerprint density at radius 1 is 1.18 bits per heavy atom. The van der Waals surface area contributed by atoms with Gasteiger partial charge in [0.15, 0.2) is 0 Å². The Morgan fingerprint density at radius 3 is 2.46 bits per heavy atom. The van der Waals surface area contributed by atoms with E-state index in [-0.39, 0.29) is 28.0 Å². The Hall–Kier alpha value is -2.18. The zero-order chi connectivity index (χ0) is 20.5. The van der Waals surface area contributed by atoms with E-state index in [4.69, 9.17) is 32.7 Å². The smallest absolute Gasteiger partial charge is 0.430 e. The molecule has 2 aromatic carbocycles. The van der Waals surface area contributed by atoms with Gasteiger partial charge in [0.2, 0.25) is 6.10 Å². The van der Waals surface area contributed by atoms with Crippen molar-refractivity contribution in [2.24, 2.45) is 0 Å². The fourth-order valence-corrected chi connectivity index (χ4v) is 3.38. The van der Waals surface area contributed by atoms with Crippen LogP contribution in [0.15, 0.2) is 42.0 Å². The van der Waals surface area contributed by atoms with E-state index in [1.54, 1.807) is 0 Å². The minimum atomic E-state index is -4.80. The van der Waals surface area contributed by atoms with Crippen LogP contribution in [0.2, 0.25) is 10.0 Å². The van der Waals surface area contributed by atoms with Gasteiger partial charge in [0, 0.05) is 5.56 Å². The topological polar surface area (TPSA) is 35.5 Å². The molecule has 0 aliphatic carbocycles. The molecule has 0 spiro atoms. The van der Waals surface area contributed by atoms with Gasteiger partial charge in [0.25, 0.3) is 0 Å². The van der Waals surface area contributed by atoms with Gasteiger partial charge in [-0.05, 0) is 36.6 Å². The molecule has 3 rings (SSSR count). The lowest BCUT2D eigenvalue weighted by atomic mass is 9.97. The van der Waals surface area contributed by atoms with Crippen molar-refractivity contribution in [3.05, 3.63) is 68.7 Å². The van der Waals surface area contributed by atoms with Crippen LogP contribution >= 0.6 is 23.2 Å². The highest BCUT2D eigenvalue weighted by Gasteiger charge is 2.49. The fraction of sp³-hybridized carbons (Fsp3) is 0.250. The molecule has 0 bridgehead atoms. The highest BCUT2D eigenvalue weighted by atomic mass is 35.5. The van der Waals surface area contributed by atoms with E-state index in [0.717, 1.165) is 11.6 Å². The van der Waals surface area contributed by atoms with Gasteiger partial charge >= 0.3 is 12.1 Å². The summed E-state index contributed by atoms with van der Waals surface area (Å²) in [5, 5.41) is 0.213.